The van der Waals surface area contributed by atoms with Crippen LogP contribution in [0.2, 0.25) is 0 Å². The Labute approximate surface area is 61.8 Å². The van der Waals surface area contributed by atoms with Crippen LogP contribution in [0, 0.1) is 0 Å². The molecule has 1 heterocycles. The molecule has 0 amide bonds. The van der Waals surface area contributed by atoms with Crippen molar-refractivity contribution in [3.8, 4) is 0 Å². The summed E-state index contributed by atoms with van der Waals surface area (Å²) in [4.78, 5) is 4.21. The van der Waals surface area contributed by atoms with E-state index < -0.39 is 0 Å². The minimum atomic E-state index is -0.241. The molecule has 10 heavy (non-hydrogen) atoms. The summed E-state index contributed by atoms with van der Waals surface area (Å²) in [6.45, 7) is 6.09. The smallest absolute Gasteiger partial charge is 0.0686 e. The van der Waals surface area contributed by atoms with Crippen LogP contribution in [0.4, 0.5) is 0 Å². The van der Waals surface area contributed by atoms with Gasteiger partial charge in [-0.1, -0.05) is 5.57 Å². The lowest BCUT2D eigenvalue weighted by Gasteiger charge is -2.32. The number of allylic oxidation sites excluding steroid dienone is 1. The van der Waals surface area contributed by atoms with Gasteiger partial charge in [0.2, 0.25) is 0 Å². The highest BCUT2D eigenvalue weighted by molar-refractivity contribution is 5.74. The van der Waals surface area contributed by atoms with E-state index in [1.165, 1.54) is 5.57 Å². The van der Waals surface area contributed by atoms with E-state index in [4.69, 9.17) is 5.73 Å². The highest BCUT2D eigenvalue weighted by Gasteiger charge is 2.28. The summed E-state index contributed by atoms with van der Waals surface area (Å²) in [5.74, 6) is 0. The molecule has 0 radical (unpaired) electrons. The van der Waals surface area contributed by atoms with Crippen LogP contribution in [0.25, 0.3) is 0 Å². The summed E-state index contributed by atoms with van der Waals surface area (Å²) in [5.41, 5.74) is 6.95. The molecule has 1 rings (SSSR count). The second-order valence-electron chi connectivity index (χ2n) is 3.11. The molecular weight excluding hydrogens is 124 g/mol. The first-order chi connectivity index (χ1) is 4.55. The maximum Gasteiger partial charge on any atom is 0.0686 e. The summed E-state index contributed by atoms with van der Waals surface area (Å²) in [6, 6.07) is 0.206. The van der Waals surface area contributed by atoms with E-state index in [1.807, 2.05) is 33.1 Å². The van der Waals surface area contributed by atoms with Crippen molar-refractivity contribution in [3.05, 3.63) is 11.6 Å². The van der Waals surface area contributed by atoms with E-state index >= 15 is 0 Å². The third kappa shape index (κ3) is 0.991. The second kappa shape index (κ2) is 2.20. The average molecular weight is 138 g/mol. The van der Waals surface area contributed by atoms with E-state index in [1.54, 1.807) is 0 Å². The summed E-state index contributed by atoms with van der Waals surface area (Å²) in [7, 11) is 0. The predicted molar refractivity (Wildman–Crippen MR) is 44.3 cm³/mol. The first kappa shape index (κ1) is 7.48. The van der Waals surface area contributed by atoms with E-state index in [2.05, 4.69) is 4.99 Å². The van der Waals surface area contributed by atoms with Crippen LogP contribution in [0.3, 0.4) is 0 Å². The Balaban J connectivity index is 2.93. The van der Waals surface area contributed by atoms with Gasteiger partial charge in [0.05, 0.1) is 11.6 Å². The molecule has 0 aromatic heterocycles. The zero-order chi connectivity index (χ0) is 7.78. The summed E-state index contributed by atoms with van der Waals surface area (Å²) in [6.07, 6.45) is 3.80. The van der Waals surface area contributed by atoms with Gasteiger partial charge < -0.3 is 5.73 Å². The van der Waals surface area contributed by atoms with Gasteiger partial charge in [-0.3, -0.25) is 4.99 Å². The fourth-order valence-corrected chi connectivity index (χ4v) is 0.948. The molecule has 2 atom stereocenters. The highest BCUT2D eigenvalue weighted by Crippen LogP contribution is 2.21. The molecule has 1 aliphatic rings. The van der Waals surface area contributed by atoms with E-state index in [0.717, 1.165) is 0 Å². The van der Waals surface area contributed by atoms with Crippen LogP contribution in [0.1, 0.15) is 20.8 Å². The van der Waals surface area contributed by atoms with Crippen molar-refractivity contribution in [1.29, 1.82) is 0 Å². The Morgan fingerprint density at radius 1 is 1.70 bits per heavy atom. The number of aliphatic imine (C=N–C) groups is 1. The number of hydrogen-bond donors (Lipinski definition) is 1. The summed E-state index contributed by atoms with van der Waals surface area (Å²) >= 11 is 0. The number of dihydropyridines is 1. The third-order valence-electron chi connectivity index (χ3n) is 2.35. The van der Waals surface area contributed by atoms with Crippen molar-refractivity contribution >= 4 is 6.21 Å². The number of hydrogen-bond acceptors (Lipinski definition) is 2. The van der Waals surface area contributed by atoms with E-state index in [-0.39, 0.29) is 11.6 Å². The largest absolute Gasteiger partial charge is 0.320 e. The molecule has 1 aliphatic heterocycles. The Kier molecular flexibility index (Phi) is 1.65. The fraction of sp³-hybridized carbons (Fsp3) is 0.625. The van der Waals surface area contributed by atoms with Gasteiger partial charge in [0.25, 0.3) is 0 Å². The number of nitrogens with two attached hydrogens (primary N) is 1. The predicted octanol–water partition coefficient (Wildman–Crippen LogP) is 1.12. The Hall–Kier alpha value is -0.630. The quantitative estimate of drug-likeness (QED) is 0.535. The first-order valence-electron chi connectivity index (χ1n) is 3.54. The Bertz CT molecular complexity index is 189. The van der Waals surface area contributed by atoms with Gasteiger partial charge in [-0.2, -0.15) is 0 Å². The molecule has 0 aromatic carbocycles. The second-order valence-corrected chi connectivity index (χ2v) is 3.11. The standard InChI is InChI=1S/C8H14N2/c1-6-4-5-10-7(2)8(6,3)9/h4-5,7H,9H2,1-3H3. The molecular formula is C8H14N2. The maximum atomic E-state index is 5.98. The molecule has 0 fully saturated rings. The van der Waals surface area contributed by atoms with Crippen molar-refractivity contribution in [2.24, 2.45) is 10.7 Å². The van der Waals surface area contributed by atoms with Crippen molar-refractivity contribution in [1.82, 2.24) is 0 Å². The lowest BCUT2D eigenvalue weighted by molar-refractivity contribution is 0.457. The third-order valence-corrected chi connectivity index (χ3v) is 2.35. The molecule has 0 bridgehead atoms. The lowest BCUT2D eigenvalue weighted by atomic mass is 9.86. The molecule has 0 saturated heterocycles. The lowest BCUT2D eigenvalue weighted by Crippen LogP contribution is -2.48. The molecule has 0 aliphatic carbocycles. The molecule has 2 nitrogen and oxygen atoms in total. The van der Waals surface area contributed by atoms with Crippen LogP contribution in [-0.2, 0) is 0 Å². The normalized spacial score (nSPS) is 39.6. The first-order valence-corrected chi connectivity index (χ1v) is 3.54. The van der Waals surface area contributed by atoms with Gasteiger partial charge in [-0.25, -0.2) is 0 Å². The van der Waals surface area contributed by atoms with Crippen molar-refractivity contribution in [3.63, 3.8) is 0 Å². The number of nitrogens with zero attached hydrogens (tertiary/aromatic N) is 1. The Morgan fingerprint density at radius 2 is 2.30 bits per heavy atom. The fourth-order valence-electron chi connectivity index (χ4n) is 0.948. The van der Waals surface area contributed by atoms with Crippen LogP contribution >= 0.6 is 0 Å². The van der Waals surface area contributed by atoms with Crippen LogP contribution in [0.5, 0.6) is 0 Å². The molecule has 0 saturated carbocycles. The summed E-state index contributed by atoms with van der Waals surface area (Å²) in [5, 5.41) is 0. The topological polar surface area (TPSA) is 38.4 Å². The van der Waals surface area contributed by atoms with Crippen molar-refractivity contribution in [2.45, 2.75) is 32.4 Å². The van der Waals surface area contributed by atoms with Gasteiger partial charge in [0.1, 0.15) is 0 Å². The molecule has 2 unspecified atom stereocenters. The molecule has 56 valence electrons. The average Bonchev–Trinajstić information content (AvgIpc) is 1.84. The number of rotatable bonds is 0. The van der Waals surface area contributed by atoms with Gasteiger partial charge >= 0.3 is 0 Å². The van der Waals surface area contributed by atoms with Crippen LogP contribution in [-0.4, -0.2) is 17.8 Å². The zero-order valence-electron chi connectivity index (χ0n) is 6.76. The molecule has 2 N–H and O–H groups in total. The Morgan fingerprint density at radius 3 is 2.70 bits per heavy atom. The maximum absolute atomic E-state index is 5.98. The van der Waals surface area contributed by atoms with Gasteiger partial charge in [-0.05, 0) is 26.8 Å². The van der Waals surface area contributed by atoms with Crippen LogP contribution in [0.15, 0.2) is 16.6 Å². The molecule has 2 heteroatoms. The SMILES string of the molecule is CC1=CC=NC(C)C1(C)N. The summed E-state index contributed by atoms with van der Waals surface area (Å²) < 4.78 is 0. The minimum absolute atomic E-state index is 0.206. The molecule has 0 aromatic rings. The van der Waals surface area contributed by atoms with E-state index in [0.29, 0.717) is 0 Å². The van der Waals surface area contributed by atoms with Gasteiger partial charge in [-0.15, -0.1) is 0 Å². The van der Waals surface area contributed by atoms with Gasteiger partial charge in [0.15, 0.2) is 0 Å². The highest BCUT2D eigenvalue weighted by atomic mass is 14.9. The monoisotopic (exact) mass is 138 g/mol. The van der Waals surface area contributed by atoms with Crippen LogP contribution < -0.4 is 5.73 Å². The van der Waals surface area contributed by atoms with Gasteiger partial charge in [0, 0.05) is 6.21 Å². The van der Waals surface area contributed by atoms with E-state index in [9.17, 15) is 0 Å². The van der Waals surface area contributed by atoms with Crippen molar-refractivity contribution in [2.75, 3.05) is 0 Å². The van der Waals surface area contributed by atoms with Crippen molar-refractivity contribution < 1.29 is 0 Å². The zero-order valence-corrected chi connectivity index (χ0v) is 6.76. The molecule has 0 spiro atoms. The minimum Gasteiger partial charge on any atom is -0.320 e.